The Bertz CT molecular complexity index is 655. The second-order valence-corrected chi connectivity index (χ2v) is 7.18. The van der Waals surface area contributed by atoms with Gasteiger partial charge in [-0.2, -0.15) is 0 Å². The molecule has 3 rings (SSSR count). The van der Waals surface area contributed by atoms with Crippen LogP contribution in [0.4, 0.5) is 5.69 Å². The van der Waals surface area contributed by atoms with E-state index in [0.29, 0.717) is 42.6 Å². The molecule has 0 aromatic heterocycles. The Hall–Kier alpha value is -1.63. The van der Waals surface area contributed by atoms with Gasteiger partial charge < -0.3 is 19.7 Å². The summed E-state index contributed by atoms with van der Waals surface area (Å²) < 4.78 is 11.1. The summed E-state index contributed by atoms with van der Waals surface area (Å²) in [5.41, 5.74) is 0.988. The van der Waals surface area contributed by atoms with Crippen LogP contribution in [0.5, 0.6) is 0 Å². The van der Waals surface area contributed by atoms with E-state index in [1.54, 1.807) is 30.0 Å². The molecule has 1 aromatic rings. The van der Waals surface area contributed by atoms with Crippen LogP contribution in [-0.2, 0) is 14.3 Å². The predicted molar refractivity (Wildman–Crippen MR) is 99.6 cm³/mol. The number of hydrogen-bond acceptors (Lipinski definition) is 4. The van der Waals surface area contributed by atoms with Crippen molar-refractivity contribution in [1.29, 1.82) is 0 Å². The first-order valence-electron chi connectivity index (χ1n) is 9.17. The molecule has 1 N–H and O–H groups in total. The lowest BCUT2D eigenvalue weighted by molar-refractivity contribution is -0.129. The lowest BCUT2D eigenvalue weighted by atomic mass is 10.1. The fourth-order valence-corrected chi connectivity index (χ4v) is 3.58. The third-order valence-electron chi connectivity index (χ3n) is 4.83. The molecule has 26 heavy (non-hydrogen) atoms. The molecule has 1 saturated heterocycles. The first-order valence-corrected chi connectivity index (χ1v) is 9.55. The quantitative estimate of drug-likeness (QED) is 0.852. The molecule has 2 fully saturated rings. The number of anilines is 1. The SMILES string of the molecule is CC(OC1CCCC1)C(=O)Nc1ccc(C(=O)N2CCOCC2)c(Cl)c1. The fraction of sp³-hybridized carbons (Fsp3) is 0.579. The van der Waals surface area contributed by atoms with E-state index < -0.39 is 6.10 Å². The first-order chi connectivity index (χ1) is 12.5. The van der Waals surface area contributed by atoms with E-state index in [0.717, 1.165) is 25.7 Å². The number of hydrogen-bond donors (Lipinski definition) is 1. The lowest BCUT2D eigenvalue weighted by Gasteiger charge is -2.27. The molecule has 1 atom stereocenters. The predicted octanol–water partition coefficient (Wildman–Crippen LogP) is 3.10. The van der Waals surface area contributed by atoms with E-state index >= 15 is 0 Å². The average molecular weight is 381 g/mol. The standard InChI is InChI=1S/C19H25ClN2O4/c1-13(26-15-4-2-3-5-15)18(23)21-14-6-7-16(17(20)12-14)19(24)22-8-10-25-11-9-22/h6-7,12-13,15H,2-5,8-11H2,1H3,(H,21,23). The van der Waals surface area contributed by atoms with Gasteiger partial charge in [-0.25, -0.2) is 0 Å². The van der Waals surface area contributed by atoms with Crippen LogP contribution in [0.15, 0.2) is 18.2 Å². The van der Waals surface area contributed by atoms with Crippen molar-refractivity contribution in [2.24, 2.45) is 0 Å². The van der Waals surface area contributed by atoms with Gasteiger partial charge in [0.25, 0.3) is 11.8 Å². The number of nitrogens with one attached hydrogen (secondary N) is 1. The first kappa shape index (κ1) is 19.1. The summed E-state index contributed by atoms with van der Waals surface area (Å²) in [6.45, 7) is 3.95. The zero-order valence-corrected chi connectivity index (χ0v) is 15.8. The molecule has 1 aliphatic carbocycles. The Balaban J connectivity index is 1.59. The number of amides is 2. The monoisotopic (exact) mass is 380 g/mol. The number of rotatable bonds is 5. The molecule has 1 saturated carbocycles. The number of morpholine rings is 1. The highest BCUT2D eigenvalue weighted by Crippen LogP contribution is 2.24. The molecule has 0 spiro atoms. The summed E-state index contributed by atoms with van der Waals surface area (Å²) in [6, 6.07) is 4.95. The van der Waals surface area contributed by atoms with E-state index in [1.807, 2.05) is 0 Å². The molecule has 142 valence electrons. The normalized spacial score (nSPS) is 19.4. The zero-order valence-electron chi connectivity index (χ0n) is 15.0. The minimum absolute atomic E-state index is 0.117. The van der Waals surface area contributed by atoms with Crippen molar-refractivity contribution in [1.82, 2.24) is 4.90 Å². The third-order valence-corrected chi connectivity index (χ3v) is 5.15. The van der Waals surface area contributed by atoms with E-state index in [-0.39, 0.29) is 17.9 Å². The van der Waals surface area contributed by atoms with Crippen molar-refractivity contribution >= 4 is 29.1 Å². The van der Waals surface area contributed by atoms with E-state index in [4.69, 9.17) is 21.1 Å². The van der Waals surface area contributed by atoms with Crippen molar-refractivity contribution in [2.75, 3.05) is 31.6 Å². The Labute approximate surface area is 158 Å². The maximum Gasteiger partial charge on any atom is 0.255 e. The van der Waals surface area contributed by atoms with Crippen LogP contribution < -0.4 is 5.32 Å². The maximum atomic E-state index is 12.5. The van der Waals surface area contributed by atoms with Gasteiger partial charge in [-0.05, 0) is 38.0 Å². The van der Waals surface area contributed by atoms with Crippen LogP contribution in [0, 0.1) is 0 Å². The summed E-state index contributed by atoms with van der Waals surface area (Å²) in [6.07, 6.45) is 4.00. The smallest absolute Gasteiger partial charge is 0.255 e. The second-order valence-electron chi connectivity index (χ2n) is 6.77. The van der Waals surface area contributed by atoms with Crippen molar-refractivity contribution < 1.29 is 19.1 Å². The van der Waals surface area contributed by atoms with Gasteiger partial charge in [-0.1, -0.05) is 24.4 Å². The number of halogens is 1. The van der Waals surface area contributed by atoms with Crippen LogP contribution in [0.1, 0.15) is 43.0 Å². The van der Waals surface area contributed by atoms with Crippen LogP contribution >= 0.6 is 11.6 Å². The van der Waals surface area contributed by atoms with Gasteiger partial charge in [0, 0.05) is 18.8 Å². The van der Waals surface area contributed by atoms with Gasteiger partial charge in [0.05, 0.1) is 29.9 Å². The summed E-state index contributed by atoms with van der Waals surface area (Å²) in [7, 11) is 0. The Kier molecular flexibility index (Phi) is 6.51. The summed E-state index contributed by atoms with van der Waals surface area (Å²) in [4.78, 5) is 26.6. The molecule has 7 heteroatoms. The van der Waals surface area contributed by atoms with E-state index in [9.17, 15) is 9.59 Å². The summed E-state index contributed by atoms with van der Waals surface area (Å²) >= 11 is 6.28. The molecule has 0 bridgehead atoms. The molecule has 2 amide bonds. The Morgan fingerprint density at radius 3 is 2.62 bits per heavy atom. The fourth-order valence-electron chi connectivity index (χ4n) is 3.32. The molecule has 1 aliphatic heterocycles. The molecule has 1 unspecified atom stereocenters. The van der Waals surface area contributed by atoms with E-state index in [2.05, 4.69) is 5.32 Å². The molecular weight excluding hydrogens is 356 g/mol. The highest BCUT2D eigenvalue weighted by Gasteiger charge is 2.23. The molecule has 1 aromatic carbocycles. The topological polar surface area (TPSA) is 67.9 Å². The number of nitrogens with zero attached hydrogens (tertiary/aromatic N) is 1. The van der Waals surface area contributed by atoms with Gasteiger partial charge in [-0.15, -0.1) is 0 Å². The minimum Gasteiger partial charge on any atom is -0.378 e. The molecular formula is C19H25ClN2O4. The lowest BCUT2D eigenvalue weighted by Crippen LogP contribution is -2.40. The van der Waals surface area contributed by atoms with Gasteiger partial charge in [0.15, 0.2) is 0 Å². The van der Waals surface area contributed by atoms with Crippen LogP contribution in [0.2, 0.25) is 5.02 Å². The van der Waals surface area contributed by atoms with Gasteiger partial charge in [-0.3, -0.25) is 9.59 Å². The average Bonchev–Trinajstić information content (AvgIpc) is 3.15. The highest BCUT2D eigenvalue weighted by atomic mass is 35.5. The van der Waals surface area contributed by atoms with Gasteiger partial charge in [0.1, 0.15) is 6.10 Å². The minimum atomic E-state index is -0.522. The zero-order chi connectivity index (χ0) is 18.5. The molecule has 6 nitrogen and oxygen atoms in total. The van der Waals surface area contributed by atoms with Crippen molar-refractivity contribution in [3.63, 3.8) is 0 Å². The number of carbonyl (C=O) groups is 2. The maximum absolute atomic E-state index is 12.5. The highest BCUT2D eigenvalue weighted by molar-refractivity contribution is 6.34. The van der Waals surface area contributed by atoms with Crippen molar-refractivity contribution in [3.05, 3.63) is 28.8 Å². The Morgan fingerprint density at radius 2 is 1.96 bits per heavy atom. The van der Waals surface area contributed by atoms with Crippen LogP contribution in [0.25, 0.3) is 0 Å². The number of benzene rings is 1. The summed E-state index contributed by atoms with van der Waals surface area (Å²) in [5.74, 6) is -0.325. The van der Waals surface area contributed by atoms with E-state index in [1.165, 1.54) is 0 Å². The largest absolute Gasteiger partial charge is 0.378 e. The number of ether oxygens (including phenoxy) is 2. The van der Waals surface area contributed by atoms with Gasteiger partial charge in [0.2, 0.25) is 0 Å². The molecule has 2 aliphatic rings. The van der Waals surface area contributed by atoms with Crippen molar-refractivity contribution in [3.8, 4) is 0 Å². The summed E-state index contributed by atoms with van der Waals surface area (Å²) in [5, 5.41) is 3.13. The number of carbonyl (C=O) groups excluding carboxylic acids is 2. The Morgan fingerprint density at radius 1 is 1.27 bits per heavy atom. The second kappa shape index (κ2) is 8.84. The third kappa shape index (κ3) is 4.75. The van der Waals surface area contributed by atoms with Crippen LogP contribution in [-0.4, -0.2) is 55.2 Å². The molecule has 0 radical (unpaired) electrons. The van der Waals surface area contributed by atoms with Gasteiger partial charge >= 0.3 is 0 Å². The van der Waals surface area contributed by atoms with Crippen LogP contribution in [0.3, 0.4) is 0 Å². The molecule has 1 heterocycles. The van der Waals surface area contributed by atoms with Crippen molar-refractivity contribution in [2.45, 2.75) is 44.8 Å².